The Labute approximate surface area is 344 Å². The second-order valence-corrected chi connectivity index (χ2v) is 16.0. The maximum Gasteiger partial charge on any atom is 0.123 e. The summed E-state index contributed by atoms with van der Waals surface area (Å²) in [5.41, 5.74) is 14.4. The second kappa shape index (κ2) is 15.2. The zero-order chi connectivity index (χ0) is 40.0. The van der Waals surface area contributed by atoms with Gasteiger partial charge in [0.1, 0.15) is 23.3 Å². The van der Waals surface area contributed by atoms with Crippen molar-refractivity contribution < 1.29 is 17.6 Å². The van der Waals surface area contributed by atoms with Crippen molar-refractivity contribution >= 4 is 34.1 Å². The van der Waals surface area contributed by atoms with Crippen LogP contribution in [0, 0.1) is 23.3 Å². The van der Waals surface area contributed by atoms with Gasteiger partial charge in [0.15, 0.2) is 0 Å². The number of hydrogen-bond acceptors (Lipinski definition) is 1. The van der Waals surface area contributed by atoms with Crippen molar-refractivity contribution in [3.05, 3.63) is 273 Å². The predicted molar refractivity (Wildman–Crippen MR) is 231 cm³/mol. The van der Waals surface area contributed by atoms with Crippen LogP contribution in [0.5, 0.6) is 0 Å². The first-order chi connectivity index (χ1) is 28.9. The average molecular weight is 791 g/mol. The normalized spacial score (nSPS) is 15.7. The lowest BCUT2D eigenvalue weighted by atomic mass is 9.84. The Bertz CT molecular complexity index is 2690. The molecule has 8 aromatic carbocycles. The molecule has 5 heteroatoms. The fourth-order valence-corrected chi connectivity index (χ4v) is 9.68. The van der Waals surface area contributed by atoms with Gasteiger partial charge in [0, 0.05) is 21.6 Å². The molecule has 0 fully saturated rings. The number of halogens is 4. The molecule has 10 rings (SSSR count). The topological polar surface area (TPSA) is 0 Å². The minimum absolute atomic E-state index is 0.118. The van der Waals surface area contributed by atoms with Gasteiger partial charge in [-0.25, -0.2) is 17.6 Å². The van der Waals surface area contributed by atoms with Gasteiger partial charge in [-0.05, 0) is 151 Å². The van der Waals surface area contributed by atoms with Gasteiger partial charge >= 0.3 is 0 Å². The van der Waals surface area contributed by atoms with Gasteiger partial charge in [-0.3, -0.25) is 0 Å². The Hall–Kier alpha value is -6.69. The van der Waals surface area contributed by atoms with E-state index in [-0.39, 0.29) is 35.1 Å². The summed E-state index contributed by atoms with van der Waals surface area (Å²) in [6, 6.07) is 60.4. The van der Waals surface area contributed by atoms with Crippen LogP contribution in [-0.4, -0.2) is 0 Å². The molecule has 59 heavy (non-hydrogen) atoms. The number of fused-ring (bicyclic) bond motifs is 2. The summed E-state index contributed by atoms with van der Waals surface area (Å²) in [7, 11) is 0. The first-order valence-electron chi connectivity index (χ1n) is 19.5. The Kier molecular flexibility index (Phi) is 9.46. The van der Waals surface area contributed by atoms with Gasteiger partial charge < -0.3 is 0 Å². The monoisotopic (exact) mass is 790 g/mol. The van der Waals surface area contributed by atoms with Crippen LogP contribution >= 0.6 is 11.8 Å². The van der Waals surface area contributed by atoms with E-state index in [4.69, 9.17) is 0 Å². The lowest BCUT2D eigenvalue weighted by Gasteiger charge is -2.20. The third kappa shape index (κ3) is 6.81. The maximum absolute atomic E-state index is 14.2. The predicted octanol–water partition coefficient (Wildman–Crippen LogP) is 14.6. The smallest absolute Gasteiger partial charge is 0.123 e. The molecule has 0 spiro atoms. The van der Waals surface area contributed by atoms with E-state index < -0.39 is 0 Å². The van der Waals surface area contributed by atoms with Gasteiger partial charge in [0.05, 0.1) is 0 Å². The highest BCUT2D eigenvalue weighted by Crippen LogP contribution is 2.54. The van der Waals surface area contributed by atoms with E-state index in [0.29, 0.717) is 0 Å². The number of allylic oxidation sites excluding steroid dienone is 2. The molecule has 2 atom stereocenters. The van der Waals surface area contributed by atoms with E-state index >= 15 is 0 Å². The zero-order valence-corrected chi connectivity index (χ0v) is 32.4. The van der Waals surface area contributed by atoms with Gasteiger partial charge in [0.2, 0.25) is 0 Å². The molecular weight excluding hydrogens is 757 g/mol. The van der Waals surface area contributed by atoms with Crippen LogP contribution in [-0.2, 0) is 0 Å². The van der Waals surface area contributed by atoms with Crippen molar-refractivity contribution in [2.24, 2.45) is 0 Å². The molecule has 0 heterocycles. The number of benzene rings is 8. The SMILES string of the molecule is Fc1ccc(C2=C(c3ccc(F)cc3)C(c3ccc(Sc4ccc(C5C(c6ccc(F)cc6)=C(c6ccc(F)cc6)c6ccccc65)cc4)cc3)c3ccccc32)cc1. The third-order valence-electron chi connectivity index (χ3n) is 11.4. The van der Waals surface area contributed by atoms with E-state index in [1.54, 1.807) is 11.8 Å². The Balaban J connectivity index is 0.986. The quantitative estimate of drug-likeness (QED) is 0.138. The van der Waals surface area contributed by atoms with Crippen LogP contribution in [0.2, 0.25) is 0 Å². The van der Waals surface area contributed by atoms with Crippen LogP contribution in [0.15, 0.2) is 204 Å². The molecule has 284 valence electrons. The first kappa shape index (κ1) is 36.6. The van der Waals surface area contributed by atoms with Gasteiger partial charge in [-0.2, -0.15) is 0 Å². The standard InChI is InChI=1S/C54H34F4S/c55-39-21-9-33(10-22-39)49-45-5-1-3-7-47(45)51(53(49)37-13-25-41(57)26-14-37)35-17-29-43(30-18-35)59-44-31-19-36(20-32-44)52-48-8-4-2-6-46(48)50(34-11-23-40(56)24-12-34)54(52)38-15-27-42(58)28-16-38/h1-32,51-52H. The molecule has 0 aliphatic heterocycles. The zero-order valence-electron chi connectivity index (χ0n) is 31.6. The van der Waals surface area contributed by atoms with Crippen LogP contribution in [0.1, 0.15) is 67.5 Å². The lowest BCUT2D eigenvalue weighted by Crippen LogP contribution is -2.02. The van der Waals surface area contributed by atoms with Crippen LogP contribution in [0.3, 0.4) is 0 Å². The summed E-state index contributed by atoms with van der Waals surface area (Å²) >= 11 is 1.68. The molecule has 0 nitrogen and oxygen atoms in total. The van der Waals surface area contributed by atoms with Crippen molar-refractivity contribution in [1.29, 1.82) is 0 Å². The van der Waals surface area contributed by atoms with E-state index in [1.165, 1.54) is 48.5 Å². The molecule has 0 saturated heterocycles. The summed E-state index contributed by atoms with van der Waals surface area (Å²) < 4.78 is 56.6. The van der Waals surface area contributed by atoms with E-state index in [2.05, 4.69) is 72.8 Å². The minimum atomic E-state index is -0.299. The highest BCUT2D eigenvalue weighted by atomic mass is 32.2. The van der Waals surface area contributed by atoms with Gasteiger partial charge in [-0.1, -0.05) is 133 Å². The van der Waals surface area contributed by atoms with Crippen LogP contribution < -0.4 is 0 Å². The lowest BCUT2D eigenvalue weighted by molar-refractivity contribution is 0.627. The number of rotatable bonds is 8. The molecule has 2 aliphatic carbocycles. The van der Waals surface area contributed by atoms with Crippen molar-refractivity contribution in [3.8, 4) is 0 Å². The summed E-state index contributed by atoms with van der Waals surface area (Å²) in [4.78, 5) is 2.16. The molecule has 2 unspecified atom stereocenters. The van der Waals surface area contributed by atoms with E-state index in [1.807, 2.05) is 72.8 Å². The van der Waals surface area contributed by atoms with E-state index in [9.17, 15) is 17.6 Å². The summed E-state index contributed by atoms with van der Waals surface area (Å²) in [6.45, 7) is 0. The molecule has 2 aliphatic rings. The van der Waals surface area contributed by atoms with Crippen LogP contribution in [0.4, 0.5) is 17.6 Å². The highest BCUT2D eigenvalue weighted by Gasteiger charge is 2.35. The maximum atomic E-state index is 14.2. The fraction of sp³-hybridized carbons (Fsp3) is 0.0370. The number of hydrogen-bond donors (Lipinski definition) is 0. The van der Waals surface area contributed by atoms with Crippen molar-refractivity contribution in [3.63, 3.8) is 0 Å². The van der Waals surface area contributed by atoms with Crippen molar-refractivity contribution in [1.82, 2.24) is 0 Å². The largest absolute Gasteiger partial charge is 0.207 e. The summed E-state index contributed by atoms with van der Waals surface area (Å²) in [6.07, 6.45) is 0. The Morgan fingerprint density at radius 2 is 0.610 bits per heavy atom. The van der Waals surface area contributed by atoms with Crippen molar-refractivity contribution in [2.45, 2.75) is 21.6 Å². The molecule has 0 amide bonds. The van der Waals surface area contributed by atoms with E-state index in [0.717, 1.165) is 87.7 Å². The van der Waals surface area contributed by atoms with Crippen LogP contribution in [0.25, 0.3) is 22.3 Å². The van der Waals surface area contributed by atoms with Crippen molar-refractivity contribution in [2.75, 3.05) is 0 Å². The molecule has 0 aromatic heterocycles. The highest BCUT2D eigenvalue weighted by molar-refractivity contribution is 7.99. The molecular formula is C54H34F4S. The summed E-state index contributed by atoms with van der Waals surface area (Å²) in [5.74, 6) is -1.43. The molecule has 0 saturated carbocycles. The third-order valence-corrected chi connectivity index (χ3v) is 12.5. The molecule has 0 bridgehead atoms. The molecule has 0 N–H and O–H groups in total. The van der Waals surface area contributed by atoms with Gasteiger partial charge in [-0.15, -0.1) is 0 Å². The minimum Gasteiger partial charge on any atom is -0.207 e. The Morgan fingerprint density at radius 3 is 0.949 bits per heavy atom. The molecule has 0 radical (unpaired) electrons. The summed E-state index contributed by atoms with van der Waals surface area (Å²) in [5, 5.41) is 0. The first-order valence-corrected chi connectivity index (χ1v) is 20.3. The fourth-order valence-electron chi connectivity index (χ4n) is 8.86. The molecule has 8 aromatic rings. The Morgan fingerprint density at radius 1 is 0.305 bits per heavy atom. The second-order valence-electron chi connectivity index (χ2n) is 14.9. The average Bonchev–Trinajstić information content (AvgIpc) is 3.79. The van der Waals surface area contributed by atoms with Gasteiger partial charge in [0.25, 0.3) is 0 Å².